The van der Waals surface area contributed by atoms with Crippen LogP contribution >= 0.6 is 0 Å². The maximum Gasteiger partial charge on any atom is 0.131 e. The summed E-state index contributed by atoms with van der Waals surface area (Å²) in [6.07, 6.45) is 7.26. The standard InChI is InChI=1S/C16H23N3O/c1-4-15(17)8-14-7-12(2)16(18-9-14)19(3)10-13-5-6-20-11-13/h5-7,9,11,15H,4,8,10,17H2,1-3H3. The highest BCUT2D eigenvalue weighted by molar-refractivity contribution is 5.47. The Bertz CT molecular complexity index is 537. The molecule has 0 spiro atoms. The number of aryl methyl sites for hydroxylation is 1. The van der Waals surface area contributed by atoms with E-state index in [0.29, 0.717) is 0 Å². The summed E-state index contributed by atoms with van der Waals surface area (Å²) in [4.78, 5) is 6.71. The summed E-state index contributed by atoms with van der Waals surface area (Å²) < 4.78 is 5.10. The summed E-state index contributed by atoms with van der Waals surface area (Å²) in [5.41, 5.74) is 9.52. The van der Waals surface area contributed by atoms with Crippen LogP contribution in [0, 0.1) is 6.92 Å². The summed E-state index contributed by atoms with van der Waals surface area (Å²) in [6, 6.07) is 4.37. The van der Waals surface area contributed by atoms with E-state index in [0.717, 1.165) is 30.8 Å². The molecule has 2 N–H and O–H groups in total. The Morgan fingerprint density at radius 1 is 1.40 bits per heavy atom. The molecule has 0 radical (unpaired) electrons. The van der Waals surface area contributed by atoms with Gasteiger partial charge in [-0.2, -0.15) is 0 Å². The third-order valence-electron chi connectivity index (χ3n) is 3.49. The summed E-state index contributed by atoms with van der Waals surface area (Å²) in [7, 11) is 2.04. The van der Waals surface area contributed by atoms with Crippen LogP contribution in [0.5, 0.6) is 0 Å². The van der Waals surface area contributed by atoms with Crippen LogP contribution in [0.4, 0.5) is 5.82 Å². The lowest BCUT2D eigenvalue weighted by molar-refractivity contribution is 0.563. The second kappa shape index (κ2) is 6.57. The number of nitrogens with two attached hydrogens (primary N) is 1. The van der Waals surface area contributed by atoms with E-state index in [2.05, 4.69) is 29.8 Å². The van der Waals surface area contributed by atoms with Crippen LogP contribution in [-0.4, -0.2) is 18.1 Å². The average Bonchev–Trinajstić information content (AvgIpc) is 2.91. The fourth-order valence-corrected chi connectivity index (χ4v) is 2.32. The maximum atomic E-state index is 5.99. The van der Waals surface area contributed by atoms with E-state index in [-0.39, 0.29) is 6.04 Å². The number of aromatic nitrogens is 1. The quantitative estimate of drug-likeness (QED) is 0.879. The first-order valence-corrected chi connectivity index (χ1v) is 7.03. The van der Waals surface area contributed by atoms with Gasteiger partial charge in [-0.25, -0.2) is 4.98 Å². The average molecular weight is 273 g/mol. The first-order chi connectivity index (χ1) is 9.60. The number of nitrogens with zero attached hydrogens (tertiary/aromatic N) is 2. The molecular weight excluding hydrogens is 250 g/mol. The molecule has 4 nitrogen and oxygen atoms in total. The van der Waals surface area contributed by atoms with Crippen LogP contribution in [-0.2, 0) is 13.0 Å². The van der Waals surface area contributed by atoms with Gasteiger partial charge in [-0.1, -0.05) is 13.0 Å². The SMILES string of the molecule is CCC(N)Cc1cnc(N(C)Cc2ccoc2)c(C)c1. The highest BCUT2D eigenvalue weighted by Crippen LogP contribution is 2.19. The molecule has 0 aliphatic heterocycles. The summed E-state index contributed by atoms with van der Waals surface area (Å²) in [5, 5.41) is 0. The van der Waals surface area contributed by atoms with Gasteiger partial charge in [-0.15, -0.1) is 0 Å². The first kappa shape index (κ1) is 14.6. The van der Waals surface area contributed by atoms with Gasteiger partial charge in [-0.05, 0) is 37.0 Å². The van der Waals surface area contributed by atoms with Gasteiger partial charge in [0.1, 0.15) is 5.82 Å². The molecule has 0 aliphatic carbocycles. The van der Waals surface area contributed by atoms with Crippen LogP contribution in [0.25, 0.3) is 0 Å². The van der Waals surface area contributed by atoms with Crippen LogP contribution in [0.15, 0.2) is 35.3 Å². The van der Waals surface area contributed by atoms with Gasteiger partial charge in [0, 0.05) is 31.4 Å². The summed E-state index contributed by atoms with van der Waals surface area (Å²) in [5.74, 6) is 1.00. The molecule has 2 aromatic rings. The molecule has 0 bridgehead atoms. The molecule has 0 aliphatic rings. The van der Waals surface area contributed by atoms with Crippen molar-refractivity contribution in [2.45, 2.75) is 39.3 Å². The van der Waals surface area contributed by atoms with Gasteiger partial charge in [0.2, 0.25) is 0 Å². The molecule has 20 heavy (non-hydrogen) atoms. The molecule has 0 fully saturated rings. The van der Waals surface area contributed by atoms with E-state index in [1.165, 1.54) is 11.1 Å². The van der Waals surface area contributed by atoms with E-state index in [1.807, 2.05) is 19.3 Å². The topological polar surface area (TPSA) is 55.3 Å². The highest BCUT2D eigenvalue weighted by atomic mass is 16.3. The zero-order chi connectivity index (χ0) is 14.5. The third-order valence-corrected chi connectivity index (χ3v) is 3.49. The molecule has 0 saturated heterocycles. The molecule has 4 heteroatoms. The Kier molecular flexibility index (Phi) is 4.79. The molecule has 108 valence electrons. The zero-order valence-corrected chi connectivity index (χ0v) is 12.5. The molecule has 0 aromatic carbocycles. The van der Waals surface area contributed by atoms with Crippen molar-refractivity contribution in [2.24, 2.45) is 5.73 Å². The van der Waals surface area contributed by atoms with Crippen LogP contribution in [0.2, 0.25) is 0 Å². The Morgan fingerprint density at radius 3 is 2.80 bits per heavy atom. The molecule has 2 heterocycles. The minimum Gasteiger partial charge on any atom is -0.472 e. The molecule has 1 unspecified atom stereocenters. The lowest BCUT2D eigenvalue weighted by atomic mass is 10.0. The van der Waals surface area contributed by atoms with E-state index in [9.17, 15) is 0 Å². The Balaban J connectivity index is 2.08. The van der Waals surface area contributed by atoms with Crippen molar-refractivity contribution in [2.75, 3.05) is 11.9 Å². The van der Waals surface area contributed by atoms with Crippen molar-refractivity contribution in [3.05, 3.63) is 47.5 Å². The molecule has 2 aromatic heterocycles. The monoisotopic (exact) mass is 273 g/mol. The maximum absolute atomic E-state index is 5.99. The van der Waals surface area contributed by atoms with Crippen LogP contribution in [0.1, 0.15) is 30.0 Å². The zero-order valence-electron chi connectivity index (χ0n) is 12.5. The Labute approximate surface area is 120 Å². The molecular formula is C16H23N3O. The highest BCUT2D eigenvalue weighted by Gasteiger charge is 2.10. The first-order valence-electron chi connectivity index (χ1n) is 7.03. The lowest BCUT2D eigenvalue weighted by Crippen LogP contribution is -2.22. The van der Waals surface area contributed by atoms with Gasteiger partial charge in [0.25, 0.3) is 0 Å². The smallest absolute Gasteiger partial charge is 0.131 e. The number of anilines is 1. The minimum absolute atomic E-state index is 0.214. The molecule has 0 amide bonds. The van der Waals surface area contributed by atoms with Gasteiger partial charge in [0.15, 0.2) is 0 Å². The van der Waals surface area contributed by atoms with Crippen molar-refractivity contribution in [1.29, 1.82) is 0 Å². The van der Waals surface area contributed by atoms with E-state index < -0.39 is 0 Å². The van der Waals surface area contributed by atoms with Crippen LogP contribution < -0.4 is 10.6 Å². The second-order valence-electron chi connectivity index (χ2n) is 5.34. The lowest BCUT2D eigenvalue weighted by Gasteiger charge is -2.20. The van der Waals surface area contributed by atoms with Crippen molar-refractivity contribution in [1.82, 2.24) is 4.98 Å². The Hall–Kier alpha value is -1.81. The Morgan fingerprint density at radius 2 is 2.20 bits per heavy atom. The number of furan rings is 1. The molecule has 0 saturated carbocycles. The van der Waals surface area contributed by atoms with Crippen molar-refractivity contribution in [3.8, 4) is 0 Å². The number of hydrogen-bond donors (Lipinski definition) is 1. The van der Waals surface area contributed by atoms with Crippen molar-refractivity contribution < 1.29 is 4.42 Å². The molecule has 1 atom stereocenters. The third kappa shape index (κ3) is 3.61. The van der Waals surface area contributed by atoms with Crippen LogP contribution in [0.3, 0.4) is 0 Å². The number of rotatable bonds is 6. The second-order valence-corrected chi connectivity index (χ2v) is 5.34. The summed E-state index contributed by atoms with van der Waals surface area (Å²) in [6.45, 7) is 4.99. The predicted octanol–water partition coefficient (Wildman–Crippen LogP) is 2.90. The normalized spacial score (nSPS) is 12.4. The van der Waals surface area contributed by atoms with Gasteiger partial charge < -0.3 is 15.1 Å². The molecule has 2 rings (SSSR count). The summed E-state index contributed by atoms with van der Waals surface area (Å²) >= 11 is 0. The van der Waals surface area contributed by atoms with Gasteiger partial charge in [-0.3, -0.25) is 0 Å². The minimum atomic E-state index is 0.214. The van der Waals surface area contributed by atoms with Gasteiger partial charge in [0.05, 0.1) is 12.5 Å². The largest absolute Gasteiger partial charge is 0.472 e. The number of hydrogen-bond acceptors (Lipinski definition) is 4. The van der Waals surface area contributed by atoms with E-state index >= 15 is 0 Å². The predicted molar refractivity (Wildman–Crippen MR) is 81.8 cm³/mol. The van der Waals surface area contributed by atoms with Crippen molar-refractivity contribution in [3.63, 3.8) is 0 Å². The fraction of sp³-hybridized carbons (Fsp3) is 0.438. The van der Waals surface area contributed by atoms with E-state index in [1.54, 1.807) is 12.5 Å². The van der Waals surface area contributed by atoms with Gasteiger partial charge >= 0.3 is 0 Å². The van der Waals surface area contributed by atoms with E-state index in [4.69, 9.17) is 10.2 Å². The fourth-order valence-electron chi connectivity index (χ4n) is 2.32. The van der Waals surface area contributed by atoms with Crippen molar-refractivity contribution >= 4 is 5.82 Å². The number of pyridine rings is 1.